The molecule has 0 radical (unpaired) electrons. The lowest BCUT2D eigenvalue weighted by Gasteiger charge is -2.50. The van der Waals surface area contributed by atoms with Crippen LogP contribution in [-0.4, -0.2) is 11.8 Å². The number of halogens is 3. The van der Waals surface area contributed by atoms with Crippen LogP contribution in [0.4, 0.5) is 20.2 Å². The zero-order valence-electron chi connectivity index (χ0n) is 15.0. The second-order valence-electron chi connectivity index (χ2n) is 6.63. The van der Waals surface area contributed by atoms with Gasteiger partial charge in [0.2, 0.25) is 5.91 Å². The molecule has 0 saturated carbocycles. The molecule has 0 spiro atoms. The zero-order chi connectivity index (χ0) is 20.6. The molecule has 1 atom stereocenters. The lowest BCUT2D eigenvalue weighted by atomic mass is 9.75. The number of carbonyl (C=O) groups is 2. The van der Waals surface area contributed by atoms with Crippen LogP contribution in [0.15, 0.2) is 72.8 Å². The summed E-state index contributed by atoms with van der Waals surface area (Å²) in [5, 5.41) is 2.77. The third-order valence-corrected chi connectivity index (χ3v) is 5.28. The zero-order valence-corrected chi connectivity index (χ0v) is 15.8. The van der Waals surface area contributed by atoms with Gasteiger partial charge in [0.15, 0.2) is 5.54 Å². The standard InChI is InChI=1S/C22H15ClF2N2O2/c23-15-8-2-1-7-14(15)22(21(29)26-18-11-5-3-9-16(18)24)13-20(28)27(22)19-12-6-4-10-17(19)25/h1-12H,13H2,(H,26,29). The fourth-order valence-electron chi connectivity index (χ4n) is 3.58. The highest BCUT2D eigenvalue weighted by Crippen LogP contribution is 2.48. The van der Waals surface area contributed by atoms with Crippen molar-refractivity contribution in [1.29, 1.82) is 0 Å². The van der Waals surface area contributed by atoms with E-state index in [1.807, 2.05) is 0 Å². The van der Waals surface area contributed by atoms with Crippen LogP contribution in [0, 0.1) is 11.6 Å². The minimum absolute atomic E-state index is 0.0447. The van der Waals surface area contributed by atoms with Crippen LogP contribution < -0.4 is 10.2 Å². The molecule has 3 aromatic carbocycles. The first-order chi connectivity index (χ1) is 13.9. The van der Waals surface area contributed by atoms with Gasteiger partial charge in [-0.3, -0.25) is 14.5 Å². The average molecular weight is 413 g/mol. The van der Waals surface area contributed by atoms with Gasteiger partial charge in [-0.05, 0) is 30.3 Å². The van der Waals surface area contributed by atoms with E-state index in [1.54, 1.807) is 36.4 Å². The number of benzene rings is 3. The van der Waals surface area contributed by atoms with Gasteiger partial charge in [0.1, 0.15) is 11.6 Å². The summed E-state index contributed by atoms with van der Waals surface area (Å²) < 4.78 is 28.7. The van der Waals surface area contributed by atoms with Crippen LogP contribution in [0.5, 0.6) is 0 Å². The first kappa shape index (κ1) is 19.1. The summed E-state index contributed by atoms with van der Waals surface area (Å²) in [5.41, 5.74) is -1.37. The Kier molecular flexibility index (Phi) is 4.80. The molecule has 1 N–H and O–H groups in total. The Balaban J connectivity index is 1.86. The van der Waals surface area contributed by atoms with Crippen molar-refractivity contribution in [2.75, 3.05) is 10.2 Å². The summed E-state index contributed by atoms with van der Waals surface area (Å²) in [4.78, 5) is 27.1. The van der Waals surface area contributed by atoms with E-state index in [2.05, 4.69) is 5.32 Å². The molecule has 1 fully saturated rings. The van der Waals surface area contributed by atoms with E-state index in [4.69, 9.17) is 11.6 Å². The summed E-state index contributed by atoms with van der Waals surface area (Å²) in [5.74, 6) is -2.41. The average Bonchev–Trinajstić information content (AvgIpc) is 2.70. The first-order valence-electron chi connectivity index (χ1n) is 8.84. The summed E-state index contributed by atoms with van der Waals surface area (Å²) in [6.07, 6.45) is -0.231. The molecule has 2 amide bonds. The van der Waals surface area contributed by atoms with E-state index < -0.39 is 29.0 Å². The van der Waals surface area contributed by atoms with E-state index in [-0.39, 0.29) is 22.8 Å². The number of nitrogens with zero attached hydrogens (tertiary/aromatic N) is 1. The maximum atomic E-state index is 14.5. The number of nitrogens with one attached hydrogen (secondary N) is 1. The van der Waals surface area contributed by atoms with Gasteiger partial charge in [-0.15, -0.1) is 0 Å². The first-order valence-corrected chi connectivity index (χ1v) is 9.21. The van der Waals surface area contributed by atoms with Crippen molar-refractivity contribution < 1.29 is 18.4 Å². The molecule has 1 heterocycles. The molecule has 29 heavy (non-hydrogen) atoms. The Morgan fingerprint density at radius 1 is 0.931 bits per heavy atom. The van der Waals surface area contributed by atoms with Gasteiger partial charge in [0, 0.05) is 10.6 Å². The number of amides is 2. The van der Waals surface area contributed by atoms with Crippen molar-refractivity contribution in [3.8, 4) is 0 Å². The van der Waals surface area contributed by atoms with Crippen LogP contribution in [0.2, 0.25) is 5.02 Å². The Bertz CT molecular complexity index is 1120. The molecule has 146 valence electrons. The summed E-state index contributed by atoms with van der Waals surface area (Å²) >= 11 is 6.35. The number of carbonyl (C=O) groups excluding carboxylic acids is 2. The van der Waals surface area contributed by atoms with Crippen molar-refractivity contribution in [3.05, 3.63) is 95.0 Å². The molecular weight excluding hydrogens is 398 g/mol. The number of hydrogen-bond donors (Lipinski definition) is 1. The number of hydrogen-bond acceptors (Lipinski definition) is 2. The predicted octanol–water partition coefficient (Wildman–Crippen LogP) is 4.89. The van der Waals surface area contributed by atoms with E-state index in [0.29, 0.717) is 5.56 Å². The lowest BCUT2D eigenvalue weighted by molar-refractivity contribution is -0.137. The van der Waals surface area contributed by atoms with Gasteiger partial charge in [0.25, 0.3) is 5.91 Å². The smallest absolute Gasteiger partial charge is 0.256 e. The minimum atomic E-state index is -1.61. The molecule has 0 bridgehead atoms. The highest BCUT2D eigenvalue weighted by Gasteiger charge is 2.60. The largest absolute Gasteiger partial charge is 0.321 e. The minimum Gasteiger partial charge on any atom is -0.321 e. The Morgan fingerprint density at radius 3 is 2.21 bits per heavy atom. The molecule has 0 aromatic heterocycles. The third-order valence-electron chi connectivity index (χ3n) is 4.95. The van der Waals surface area contributed by atoms with E-state index in [0.717, 1.165) is 4.90 Å². The van der Waals surface area contributed by atoms with Gasteiger partial charge in [-0.2, -0.15) is 0 Å². The normalized spacial score (nSPS) is 18.3. The highest BCUT2D eigenvalue weighted by molar-refractivity contribution is 6.32. The second-order valence-corrected chi connectivity index (χ2v) is 7.04. The predicted molar refractivity (Wildman–Crippen MR) is 107 cm³/mol. The topological polar surface area (TPSA) is 49.4 Å². The van der Waals surface area contributed by atoms with Gasteiger partial charge in [0.05, 0.1) is 17.8 Å². The number of β-lactam (4-membered cyclic amide) rings is 1. The van der Waals surface area contributed by atoms with Gasteiger partial charge in [-0.25, -0.2) is 8.78 Å². The fourth-order valence-corrected chi connectivity index (χ4v) is 3.87. The Hall–Kier alpha value is -3.25. The number of anilines is 2. The molecular formula is C22H15ClF2N2O2. The maximum absolute atomic E-state index is 14.5. The fraction of sp³-hybridized carbons (Fsp3) is 0.0909. The molecule has 0 aliphatic carbocycles. The quantitative estimate of drug-likeness (QED) is 0.620. The molecule has 4 nitrogen and oxygen atoms in total. The maximum Gasteiger partial charge on any atom is 0.256 e. The highest BCUT2D eigenvalue weighted by atomic mass is 35.5. The summed E-state index contributed by atoms with van der Waals surface area (Å²) in [6.45, 7) is 0. The molecule has 7 heteroatoms. The lowest BCUT2D eigenvalue weighted by Crippen LogP contribution is -2.67. The number of para-hydroxylation sites is 2. The second kappa shape index (κ2) is 7.29. The van der Waals surface area contributed by atoms with Crippen LogP contribution in [0.25, 0.3) is 0 Å². The molecule has 1 unspecified atom stereocenters. The molecule has 1 saturated heterocycles. The molecule has 3 aromatic rings. The van der Waals surface area contributed by atoms with Gasteiger partial charge in [-0.1, -0.05) is 54.1 Å². The van der Waals surface area contributed by atoms with Crippen LogP contribution in [0.3, 0.4) is 0 Å². The summed E-state index contributed by atoms with van der Waals surface area (Å²) in [7, 11) is 0. The summed E-state index contributed by atoms with van der Waals surface area (Å²) in [6, 6.07) is 17.9. The van der Waals surface area contributed by atoms with Crippen molar-refractivity contribution in [2.24, 2.45) is 0 Å². The number of rotatable bonds is 4. The van der Waals surface area contributed by atoms with Crippen molar-refractivity contribution in [2.45, 2.75) is 12.0 Å². The van der Waals surface area contributed by atoms with E-state index in [9.17, 15) is 18.4 Å². The Labute approximate surface area is 170 Å². The van der Waals surface area contributed by atoms with Crippen molar-refractivity contribution in [3.63, 3.8) is 0 Å². The molecule has 1 aliphatic heterocycles. The van der Waals surface area contributed by atoms with Gasteiger partial charge < -0.3 is 5.32 Å². The van der Waals surface area contributed by atoms with Gasteiger partial charge >= 0.3 is 0 Å². The Morgan fingerprint density at radius 2 is 1.55 bits per heavy atom. The van der Waals surface area contributed by atoms with Crippen molar-refractivity contribution in [1.82, 2.24) is 0 Å². The monoisotopic (exact) mass is 412 g/mol. The van der Waals surface area contributed by atoms with E-state index in [1.165, 1.54) is 36.4 Å². The third kappa shape index (κ3) is 3.06. The SMILES string of the molecule is O=C1CC(C(=O)Nc2ccccc2F)(c2ccccc2Cl)N1c1ccccc1F. The van der Waals surface area contributed by atoms with Crippen LogP contribution in [0.1, 0.15) is 12.0 Å². The van der Waals surface area contributed by atoms with Crippen LogP contribution >= 0.6 is 11.6 Å². The molecule has 4 rings (SSSR count). The van der Waals surface area contributed by atoms with Crippen molar-refractivity contribution >= 4 is 34.8 Å². The van der Waals surface area contributed by atoms with Crippen LogP contribution in [-0.2, 0) is 15.1 Å². The van der Waals surface area contributed by atoms with E-state index >= 15 is 0 Å². The molecule has 1 aliphatic rings.